The summed E-state index contributed by atoms with van der Waals surface area (Å²) in [7, 11) is 0. The first kappa shape index (κ1) is 61.3. The normalized spacial score (nSPS) is 13.3. The Morgan fingerprint density at radius 3 is 1.24 bits per heavy atom. The summed E-state index contributed by atoms with van der Waals surface area (Å²) >= 11 is 0. The highest BCUT2D eigenvalue weighted by atomic mass is 16.5. The van der Waals surface area contributed by atoms with Crippen molar-refractivity contribution < 1.29 is 24.5 Å². The maximum absolute atomic E-state index is 13.2. The molecule has 372 valence electrons. The molecule has 0 fully saturated rings. The van der Waals surface area contributed by atoms with Gasteiger partial charge in [-0.15, -0.1) is 0 Å². The van der Waals surface area contributed by atoms with Crippen molar-refractivity contribution in [1.82, 2.24) is 5.32 Å². The smallest absolute Gasteiger partial charge is 0.306 e. The molecule has 0 saturated carbocycles. The average molecular weight is 889 g/mol. The molecule has 0 heterocycles. The predicted octanol–water partition coefficient (Wildman–Crippen LogP) is 17.1. The standard InChI is InChI=1S/C57H109NO5/c1-4-7-10-13-16-19-22-25-27-28-30-32-35-38-41-44-47-50-57(62)63-53(48-45-42-39-36-33-31-29-26-23-20-17-14-11-8-5-2)51-56(61)58-54(52-59)55(60)49-46-43-40-37-34-24-21-18-15-12-9-6-3/h16,19,25,27,53-55,59-60H,4-15,17-18,20-24,26,28-52H2,1-3H3,(H,58,61)/b19-16-,27-25-. The van der Waals surface area contributed by atoms with Gasteiger partial charge in [-0.3, -0.25) is 9.59 Å². The molecule has 0 radical (unpaired) electrons. The van der Waals surface area contributed by atoms with Crippen LogP contribution in [-0.2, 0) is 14.3 Å². The summed E-state index contributed by atoms with van der Waals surface area (Å²) in [6.07, 6.45) is 59.5. The van der Waals surface area contributed by atoms with Gasteiger partial charge in [-0.2, -0.15) is 0 Å². The number of esters is 1. The molecule has 0 bridgehead atoms. The van der Waals surface area contributed by atoms with Crippen molar-refractivity contribution in [3.63, 3.8) is 0 Å². The molecule has 0 aliphatic rings. The molecule has 0 aromatic rings. The molecular weight excluding hydrogens is 779 g/mol. The molecule has 0 aromatic heterocycles. The van der Waals surface area contributed by atoms with Crippen LogP contribution in [0.15, 0.2) is 24.3 Å². The van der Waals surface area contributed by atoms with Crippen molar-refractivity contribution in [2.45, 2.75) is 322 Å². The molecule has 3 unspecified atom stereocenters. The maximum atomic E-state index is 13.2. The Hall–Kier alpha value is -1.66. The van der Waals surface area contributed by atoms with E-state index in [0.717, 1.165) is 57.8 Å². The first-order valence-corrected chi connectivity index (χ1v) is 28.1. The molecule has 0 rings (SSSR count). The minimum Gasteiger partial charge on any atom is -0.462 e. The van der Waals surface area contributed by atoms with Gasteiger partial charge in [-0.25, -0.2) is 0 Å². The van der Waals surface area contributed by atoms with Crippen LogP contribution in [0.25, 0.3) is 0 Å². The zero-order chi connectivity index (χ0) is 45.9. The van der Waals surface area contributed by atoms with E-state index in [1.807, 2.05) is 0 Å². The number of rotatable bonds is 51. The Morgan fingerprint density at radius 2 is 0.810 bits per heavy atom. The molecule has 3 N–H and O–H groups in total. The second kappa shape index (κ2) is 51.3. The third-order valence-corrected chi connectivity index (χ3v) is 13.0. The molecule has 0 aliphatic heterocycles. The van der Waals surface area contributed by atoms with E-state index in [1.54, 1.807) is 0 Å². The Labute approximate surface area is 392 Å². The monoisotopic (exact) mass is 888 g/mol. The summed E-state index contributed by atoms with van der Waals surface area (Å²) < 4.78 is 5.96. The molecule has 6 heteroatoms. The first-order valence-electron chi connectivity index (χ1n) is 28.1. The molecular formula is C57H109NO5. The van der Waals surface area contributed by atoms with Crippen molar-refractivity contribution in [2.75, 3.05) is 6.61 Å². The molecule has 0 saturated heterocycles. The Kier molecular flexibility index (Phi) is 50.0. The minimum atomic E-state index is -0.784. The van der Waals surface area contributed by atoms with Gasteiger partial charge in [-0.1, -0.05) is 257 Å². The zero-order valence-corrected chi connectivity index (χ0v) is 42.5. The van der Waals surface area contributed by atoms with Crippen LogP contribution in [0.3, 0.4) is 0 Å². The van der Waals surface area contributed by atoms with Crippen LogP contribution in [0.1, 0.15) is 303 Å². The van der Waals surface area contributed by atoms with Gasteiger partial charge in [0.25, 0.3) is 0 Å². The molecule has 0 aromatic carbocycles. The van der Waals surface area contributed by atoms with E-state index in [9.17, 15) is 19.8 Å². The fraction of sp³-hybridized carbons (Fsp3) is 0.895. The van der Waals surface area contributed by atoms with Crippen molar-refractivity contribution in [3.05, 3.63) is 24.3 Å². The number of aliphatic hydroxyl groups excluding tert-OH is 2. The SMILES string of the molecule is CCCCC/C=C\C/C=C\CCCCCCCCCC(=O)OC(CCCCCCCCCCCCCCCCC)CC(=O)NC(CO)C(O)CCCCCCCCCCCCCC. The molecule has 0 spiro atoms. The van der Waals surface area contributed by atoms with Gasteiger partial charge >= 0.3 is 5.97 Å². The van der Waals surface area contributed by atoms with E-state index in [-0.39, 0.29) is 24.9 Å². The Bertz CT molecular complexity index is 997. The first-order chi connectivity index (χ1) is 31.0. The second-order valence-corrected chi connectivity index (χ2v) is 19.3. The van der Waals surface area contributed by atoms with Gasteiger partial charge in [0.05, 0.1) is 25.2 Å². The number of amides is 1. The number of aliphatic hydroxyl groups is 2. The van der Waals surface area contributed by atoms with Crippen molar-refractivity contribution >= 4 is 11.9 Å². The lowest BCUT2D eigenvalue weighted by Gasteiger charge is -2.24. The second-order valence-electron chi connectivity index (χ2n) is 19.3. The molecule has 6 nitrogen and oxygen atoms in total. The third kappa shape index (κ3) is 46.7. The van der Waals surface area contributed by atoms with E-state index in [0.29, 0.717) is 19.3 Å². The van der Waals surface area contributed by atoms with Gasteiger partial charge in [-0.05, 0) is 57.8 Å². The summed E-state index contributed by atoms with van der Waals surface area (Å²) in [6, 6.07) is -0.698. The quantitative estimate of drug-likeness (QED) is 0.0321. The summed E-state index contributed by atoms with van der Waals surface area (Å²) in [6.45, 7) is 6.49. The summed E-state index contributed by atoms with van der Waals surface area (Å²) in [5.41, 5.74) is 0. The molecule has 0 aliphatic carbocycles. The highest BCUT2D eigenvalue weighted by molar-refractivity contribution is 5.77. The minimum absolute atomic E-state index is 0.0805. The van der Waals surface area contributed by atoms with Gasteiger partial charge in [0.15, 0.2) is 0 Å². The zero-order valence-electron chi connectivity index (χ0n) is 42.5. The largest absolute Gasteiger partial charge is 0.462 e. The topological polar surface area (TPSA) is 95.9 Å². The van der Waals surface area contributed by atoms with Crippen molar-refractivity contribution in [2.24, 2.45) is 0 Å². The third-order valence-electron chi connectivity index (χ3n) is 13.0. The molecule has 3 atom stereocenters. The van der Waals surface area contributed by atoms with E-state index in [4.69, 9.17) is 4.74 Å². The molecule has 63 heavy (non-hydrogen) atoms. The number of allylic oxidation sites excluding steroid dienone is 4. The summed E-state index contributed by atoms with van der Waals surface area (Å²) in [5, 5.41) is 23.8. The van der Waals surface area contributed by atoms with Gasteiger partial charge in [0.1, 0.15) is 6.10 Å². The van der Waals surface area contributed by atoms with Crippen LogP contribution in [0.5, 0.6) is 0 Å². The molecule has 1 amide bonds. The van der Waals surface area contributed by atoms with E-state index in [2.05, 4.69) is 50.4 Å². The van der Waals surface area contributed by atoms with Gasteiger partial charge in [0.2, 0.25) is 5.91 Å². The summed E-state index contributed by atoms with van der Waals surface area (Å²) in [4.78, 5) is 26.2. The maximum Gasteiger partial charge on any atom is 0.306 e. The van der Waals surface area contributed by atoms with Crippen LogP contribution in [-0.4, -0.2) is 46.9 Å². The summed E-state index contributed by atoms with van der Waals surface area (Å²) in [5.74, 6) is -0.464. The van der Waals surface area contributed by atoms with E-state index in [1.165, 1.54) is 199 Å². The van der Waals surface area contributed by atoms with Crippen LogP contribution in [0, 0.1) is 0 Å². The van der Waals surface area contributed by atoms with Crippen LogP contribution in [0.4, 0.5) is 0 Å². The number of hydrogen-bond donors (Lipinski definition) is 3. The van der Waals surface area contributed by atoms with Crippen LogP contribution < -0.4 is 5.32 Å². The number of carbonyl (C=O) groups excluding carboxylic acids is 2. The van der Waals surface area contributed by atoms with E-state index < -0.39 is 18.2 Å². The Balaban J connectivity index is 4.54. The van der Waals surface area contributed by atoms with Crippen molar-refractivity contribution in [3.8, 4) is 0 Å². The lowest BCUT2D eigenvalue weighted by atomic mass is 10.0. The van der Waals surface area contributed by atoms with Crippen LogP contribution in [0.2, 0.25) is 0 Å². The van der Waals surface area contributed by atoms with Gasteiger partial charge in [0, 0.05) is 6.42 Å². The lowest BCUT2D eigenvalue weighted by Crippen LogP contribution is -2.46. The fourth-order valence-corrected chi connectivity index (χ4v) is 8.76. The number of hydrogen-bond acceptors (Lipinski definition) is 5. The van der Waals surface area contributed by atoms with Crippen LogP contribution >= 0.6 is 0 Å². The average Bonchev–Trinajstić information content (AvgIpc) is 3.28. The van der Waals surface area contributed by atoms with E-state index >= 15 is 0 Å². The number of carbonyl (C=O) groups is 2. The van der Waals surface area contributed by atoms with Crippen molar-refractivity contribution in [1.29, 1.82) is 0 Å². The number of nitrogens with one attached hydrogen (secondary N) is 1. The lowest BCUT2D eigenvalue weighted by molar-refractivity contribution is -0.151. The predicted molar refractivity (Wildman–Crippen MR) is 273 cm³/mol. The number of unbranched alkanes of at least 4 members (excludes halogenated alkanes) is 35. The number of ether oxygens (including phenoxy) is 1. The highest BCUT2D eigenvalue weighted by Gasteiger charge is 2.24. The fourth-order valence-electron chi connectivity index (χ4n) is 8.76. The highest BCUT2D eigenvalue weighted by Crippen LogP contribution is 2.19. The Morgan fingerprint density at radius 1 is 0.460 bits per heavy atom. The van der Waals surface area contributed by atoms with Gasteiger partial charge < -0.3 is 20.3 Å².